The first-order valence-corrected chi connectivity index (χ1v) is 7.57. The van der Waals surface area contributed by atoms with Crippen LogP contribution >= 0.6 is 0 Å². The molecule has 1 aliphatic rings. The van der Waals surface area contributed by atoms with Crippen molar-refractivity contribution in [3.05, 3.63) is 0 Å². The molecule has 0 bridgehead atoms. The van der Waals surface area contributed by atoms with Crippen LogP contribution in [0.2, 0.25) is 0 Å². The Labute approximate surface area is 102 Å². The van der Waals surface area contributed by atoms with Gasteiger partial charge in [-0.1, -0.05) is 46.5 Å². The average molecular weight is 225 g/mol. The lowest BCUT2D eigenvalue weighted by Gasteiger charge is -2.33. The molecule has 0 aromatic heterocycles. The summed E-state index contributed by atoms with van der Waals surface area (Å²) < 4.78 is 0. The lowest BCUT2D eigenvalue weighted by Crippen LogP contribution is -2.42. The van der Waals surface area contributed by atoms with E-state index < -0.39 is 0 Å². The van der Waals surface area contributed by atoms with E-state index in [9.17, 15) is 0 Å². The zero-order chi connectivity index (χ0) is 11.8. The molecule has 1 heteroatoms. The van der Waals surface area contributed by atoms with Crippen LogP contribution in [-0.2, 0) is 0 Å². The number of nitrogens with one attached hydrogen (secondary N) is 1. The van der Waals surface area contributed by atoms with Crippen LogP contribution in [0.1, 0.15) is 78.6 Å². The van der Waals surface area contributed by atoms with E-state index >= 15 is 0 Å². The third kappa shape index (κ3) is 4.45. The highest BCUT2D eigenvalue weighted by molar-refractivity contribution is 4.81. The van der Waals surface area contributed by atoms with Crippen molar-refractivity contribution >= 4 is 0 Å². The van der Waals surface area contributed by atoms with E-state index in [1.807, 2.05) is 0 Å². The first kappa shape index (κ1) is 14.0. The Hall–Kier alpha value is -0.0400. The van der Waals surface area contributed by atoms with Gasteiger partial charge in [0.25, 0.3) is 0 Å². The van der Waals surface area contributed by atoms with E-state index in [2.05, 4.69) is 26.1 Å². The van der Waals surface area contributed by atoms with Crippen LogP contribution in [0.3, 0.4) is 0 Å². The van der Waals surface area contributed by atoms with Gasteiger partial charge in [0.15, 0.2) is 0 Å². The largest absolute Gasteiger partial charge is 0.311 e. The molecule has 1 nitrogen and oxygen atoms in total. The minimum absolute atomic E-state index is 0.761. The highest BCUT2D eigenvalue weighted by atomic mass is 15.0. The van der Waals surface area contributed by atoms with E-state index in [0.717, 1.165) is 18.0 Å². The molecule has 0 aromatic carbocycles. The predicted molar refractivity (Wildman–Crippen MR) is 72.8 cm³/mol. The molecule has 1 saturated carbocycles. The Morgan fingerprint density at radius 2 is 1.69 bits per heavy atom. The first-order chi connectivity index (χ1) is 7.81. The summed E-state index contributed by atoms with van der Waals surface area (Å²) in [6.07, 6.45) is 12.6. The smallest absolute Gasteiger partial charge is 0.00952 e. The van der Waals surface area contributed by atoms with Crippen molar-refractivity contribution in [3.63, 3.8) is 0 Å². The molecule has 0 spiro atoms. The molecule has 0 saturated heterocycles. The first-order valence-electron chi connectivity index (χ1n) is 7.57. The second-order valence-electron chi connectivity index (χ2n) is 5.47. The number of hydrogen-bond donors (Lipinski definition) is 1. The van der Waals surface area contributed by atoms with Crippen LogP contribution in [0.25, 0.3) is 0 Å². The second kappa shape index (κ2) is 8.11. The van der Waals surface area contributed by atoms with Gasteiger partial charge in [0, 0.05) is 12.1 Å². The summed E-state index contributed by atoms with van der Waals surface area (Å²) in [7, 11) is 0. The maximum absolute atomic E-state index is 3.92. The van der Waals surface area contributed by atoms with Gasteiger partial charge in [-0.25, -0.2) is 0 Å². The fourth-order valence-corrected chi connectivity index (χ4v) is 3.18. The van der Waals surface area contributed by atoms with Gasteiger partial charge in [0.1, 0.15) is 0 Å². The molecule has 2 unspecified atom stereocenters. The third-order valence-corrected chi connectivity index (χ3v) is 4.24. The normalized spacial score (nSPS) is 21.9. The van der Waals surface area contributed by atoms with Crippen LogP contribution in [0.15, 0.2) is 0 Å². The minimum atomic E-state index is 0.761. The Morgan fingerprint density at radius 3 is 2.19 bits per heavy atom. The van der Waals surface area contributed by atoms with Crippen molar-refractivity contribution in [1.29, 1.82) is 0 Å². The van der Waals surface area contributed by atoms with Crippen LogP contribution in [0.4, 0.5) is 0 Å². The number of rotatable bonds is 7. The quantitative estimate of drug-likeness (QED) is 0.672. The lowest BCUT2D eigenvalue weighted by atomic mass is 9.82. The topological polar surface area (TPSA) is 12.0 Å². The van der Waals surface area contributed by atoms with Crippen LogP contribution in [0.5, 0.6) is 0 Å². The molecular weight excluding hydrogens is 194 g/mol. The van der Waals surface area contributed by atoms with Crippen LogP contribution < -0.4 is 5.32 Å². The molecule has 1 N–H and O–H groups in total. The summed E-state index contributed by atoms with van der Waals surface area (Å²) in [4.78, 5) is 0. The molecule has 0 aliphatic heterocycles. The van der Waals surface area contributed by atoms with Crippen molar-refractivity contribution in [2.75, 3.05) is 0 Å². The minimum Gasteiger partial charge on any atom is -0.311 e. The number of hydrogen-bond acceptors (Lipinski definition) is 1. The molecule has 16 heavy (non-hydrogen) atoms. The molecular formula is C15H31N. The Morgan fingerprint density at radius 1 is 1.00 bits per heavy atom. The van der Waals surface area contributed by atoms with E-state index in [0.29, 0.717) is 0 Å². The van der Waals surface area contributed by atoms with Crippen molar-refractivity contribution in [2.45, 2.75) is 90.6 Å². The molecule has 1 rings (SSSR count). The van der Waals surface area contributed by atoms with Crippen molar-refractivity contribution in [3.8, 4) is 0 Å². The van der Waals surface area contributed by atoms with Gasteiger partial charge in [0.05, 0.1) is 0 Å². The zero-order valence-electron chi connectivity index (χ0n) is 11.6. The molecule has 0 aromatic rings. The van der Waals surface area contributed by atoms with Gasteiger partial charge >= 0.3 is 0 Å². The summed E-state index contributed by atoms with van der Waals surface area (Å²) in [5.74, 6) is 0.963. The monoisotopic (exact) mass is 225 g/mol. The SMILES string of the molecule is CCCC(CC)NC(CC)C1CCCCC1. The van der Waals surface area contributed by atoms with Crippen molar-refractivity contribution in [1.82, 2.24) is 5.32 Å². The molecule has 0 amide bonds. The molecule has 2 atom stereocenters. The van der Waals surface area contributed by atoms with E-state index in [1.165, 1.54) is 57.8 Å². The molecule has 96 valence electrons. The summed E-state index contributed by atoms with van der Waals surface area (Å²) in [6, 6.07) is 1.55. The highest BCUT2D eigenvalue weighted by Crippen LogP contribution is 2.28. The predicted octanol–water partition coefficient (Wildman–Crippen LogP) is 4.51. The molecule has 1 aliphatic carbocycles. The van der Waals surface area contributed by atoms with Crippen LogP contribution in [0, 0.1) is 5.92 Å². The Kier molecular flexibility index (Phi) is 7.11. The van der Waals surface area contributed by atoms with E-state index in [4.69, 9.17) is 0 Å². The fraction of sp³-hybridized carbons (Fsp3) is 1.00. The van der Waals surface area contributed by atoms with Gasteiger partial charge in [0.2, 0.25) is 0 Å². The van der Waals surface area contributed by atoms with Gasteiger partial charge in [-0.15, -0.1) is 0 Å². The third-order valence-electron chi connectivity index (χ3n) is 4.24. The maximum atomic E-state index is 3.92. The average Bonchev–Trinajstić information content (AvgIpc) is 2.35. The summed E-state index contributed by atoms with van der Waals surface area (Å²) >= 11 is 0. The second-order valence-corrected chi connectivity index (χ2v) is 5.47. The van der Waals surface area contributed by atoms with Crippen LogP contribution in [-0.4, -0.2) is 12.1 Å². The molecule has 0 heterocycles. The highest BCUT2D eigenvalue weighted by Gasteiger charge is 2.23. The van der Waals surface area contributed by atoms with Crippen molar-refractivity contribution in [2.24, 2.45) is 5.92 Å². The van der Waals surface area contributed by atoms with Gasteiger partial charge < -0.3 is 5.32 Å². The summed E-state index contributed by atoms with van der Waals surface area (Å²) in [5, 5.41) is 3.92. The Bertz CT molecular complexity index is 161. The Balaban J connectivity index is 2.39. The zero-order valence-corrected chi connectivity index (χ0v) is 11.6. The van der Waals surface area contributed by atoms with Crippen molar-refractivity contribution < 1.29 is 0 Å². The molecule has 0 radical (unpaired) electrons. The lowest BCUT2D eigenvalue weighted by molar-refractivity contribution is 0.239. The van der Waals surface area contributed by atoms with E-state index in [1.54, 1.807) is 0 Å². The fourth-order valence-electron chi connectivity index (χ4n) is 3.18. The van der Waals surface area contributed by atoms with Gasteiger partial charge in [-0.2, -0.15) is 0 Å². The van der Waals surface area contributed by atoms with Gasteiger partial charge in [-0.05, 0) is 38.0 Å². The van der Waals surface area contributed by atoms with E-state index in [-0.39, 0.29) is 0 Å². The maximum Gasteiger partial charge on any atom is 0.00952 e. The summed E-state index contributed by atoms with van der Waals surface area (Å²) in [6.45, 7) is 6.97. The standard InChI is InChI=1S/C15H31N/c1-4-10-14(5-2)16-15(6-3)13-11-8-7-9-12-13/h13-16H,4-12H2,1-3H3. The summed E-state index contributed by atoms with van der Waals surface area (Å²) in [5.41, 5.74) is 0. The molecule has 1 fully saturated rings. The van der Waals surface area contributed by atoms with Gasteiger partial charge in [-0.3, -0.25) is 0 Å².